The minimum atomic E-state index is 0.956. The third kappa shape index (κ3) is 5.58. The Morgan fingerprint density at radius 2 is 1.94 bits per heavy atom. The maximum absolute atomic E-state index is 4.19. The van der Waals surface area contributed by atoms with Gasteiger partial charge < -0.3 is 5.32 Å². The van der Waals surface area contributed by atoms with Gasteiger partial charge in [-0.1, -0.05) is 39.5 Å². The molecule has 0 aromatic rings. The Labute approximate surface area is 107 Å². The Balaban J connectivity index is 2.02. The standard InChI is InChI=1S/C14H29NS/c1-12-6-7-13(2)14(11-12)5-3-4-8-15-9-10-16/h12-16H,3-11H2,1-2H3/t12-,13+,14+/m1/s1. The van der Waals surface area contributed by atoms with E-state index >= 15 is 0 Å². The van der Waals surface area contributed by atoms with E-state index in [0.29, 0.717) is 0 Å². The SMILES string of the molecule is C[C@@H]1CC[C@H](C)[C@@H](CCCCNCCS)C1. The van der Waals surface area contributed by atoms with Crippen LogP contribution in [0, 0.1) is 17.8 Å². The molecule has 0 saturated heterocycles. The molecular weight excluding hydrogens is 214 g/mol. The summed E-state index contributed by atoms with van der Waals surface area (Å²) in [6.45, 7) is 7.11. The molecule has 1 N–H and O–H groups in total. The first kappa shape index (κ1) is 14.4. The minimum Gasteiger partial charge on any atom is -0.316 e. The molecule has 1 saturated carbocycles. The predicted octanol–water partition coefficient (Wildman–Crippen LogP) is 3.75. The number of rotatable bonds is 7. The molecule has 1 aliphatic carbocycles. The third-order valence-corrected chi connectivity index (χ3v) is 4.32. The van der Waals surface area contributed by atoms with Crippen molar-refractivity contribution in [1.29, 1.82) is 0 Å². The molecule has 0 spiro atoms. The summed E-state index contributed by atoms with van der Waals surface area (Å²) >= 11 is 4.19. The summed E-state index contributed by atoms with van der Waals surface area (Å²) in [5, 5.41) is 3.42. The molecule has 2 heteroatoms. The van der Waals surface area contributed by atoms with Crippen LogP contribution in [0.3, 0.4) is 0 Å². The number of thiol groups is 1. The molecular formula is C14H29NS. The maximum atomic E-state index is 4.19. The molecule has 1 rings (SSSR count). The summed E-state index contributed by atoms with van der Waals surface area (Å²) in [6.07, 6.45) is 8.59. The molecule has 0 aromatic carbocycles. The lowest BCUT2D eigenvalue weighted by atomic mass is 9.73. The number of unbranched alkanes of at least 4 members (excludes halogenated alkanes) is 1. The summed E-state index contributed by atoms with van der Waals surface area (Å²) in [7, 11) is 0. The molecule has 0 amide bonds. The van der Waals surface area contributed by atoms with Gasteiger partial charge in [-0.05, 0) is 37.1 Å². The molecule has 1 aliphatic rings. The topological polar surface area (TPSA) is 12.0 Å². The van der Waals surface area contributed by atoms with E-state index in [9.17, 15) is 0 Å². The molecule has 1 fully saturated rings. The van der Waals surface area contributed by atoms with Crippen LogP contribution in [0.2, 0.25) is 0 Å². The van der Waals surface area contributed by atoms with E-state index in [1.54, 1.807) is 0 Å². The summed E-state index contributed by atoms with van der Waals surface area (Å²) in [4.78, 5) is 0. The second-order valence-corrected chi connectivity index (χ2v) is 6.07. The van der Waals surface area contributed by atoms with Crippen LogP contribution in [0.5, 0.6) is 0 Å². The van der Waals surface area contributed by atoms with E-state index in [2.05, 4.69) is 31.8 Å². The number of hydrogen-bond donors (Lipinski definition) is 2. The highest BCUT2D eigenvalue weighted by atomic mass is 32.1. The highest BCUT2D eigenvalue weighted by Crippen LogP contribution is 2.36. The highest BCUT2D eigenvalue weighted by Gasteiger charge is 2.24. The highest BCUT2D eigenvalue weighted by molar-refractivity contribution is 7.80. The van der Waals surface area contributed by atoms with Crippen LogP contribution >= 0.6 is 12.6 Å². The van der Waals surface area contributed by atoms with Crippen molar-refractivity contribution in [1.82, 2.24) is 5.32 Å². The van der Waals surface area contributed by atoms with Gasteiger partial charge in [0.2, 0.25) is 0 Å². The summed E-state index contributed by atoms with van der Waals surface area (Å²) in [5.74, 6) is 3.91. The molecule has 0 heterocycles. The fourth-order valence-electron chi connectivity index (χ4n) is 2.91. The van der Waals surface area contributed by atoms with Crippen molar-refractivity contribution in [3.05, 3.63) is 0 Å². The zero-order chi connectivity index (χ0) is 11.8. The van der Waals surface area contributed by atoms with Crippen molar-refractivity contribution in [2.24, 2.45) is 17.8 Å². The second kappa shape index (κ2) is 8.41. The predicted molar refractivity (Wildman–Crippen MR) is 76.2 cm³/mol. The monoisotopic (exact) mass is 243 g/mol. The summed E-state index contributed by atoms with van der Waals surface area (Å²) < 4.78 is 0. The van der Waals surface area contributed by atoms with Gasteiger partial charge in [0.25, 0.3) is 0 Å². The Bertz CT molecular complexity index is 172. The van der Waals surface area contributed by atoms with Crippen LogP contribution in [0.1, 0.15) is 52.4 Å². The first-order valence-electron chi connectivity index (χ1n) is 7.05. The van der Waals surface area contributed by atoms with Crippen molar-refractivity contribution in [3.63, 3.8) is 0 Å². The third-order valence-electron chi connectivity index (χ3n) is 4.09. The van der Waals surface area contributed by atoms with Crippen molar-refractivity contribution in [2.75, 3.05) is 18.8 Å². The van der Waals surface area contributed by atoms with Gasteiger partial charge in [-0.2, -0.15) is 12.6 Å². The van der Waals surface area contributed by atoms with E-state index < -0.39 is 0 Å². The van der Waals surface area contributed by atoms with Gasteiger partial charge in [0.05, 0.1) is 0 Å². The summed E-state index contributed by atoms with van der Waals surface area (Å²) in [5.41, 5.74) is 0. The summed E-state index contributed by atoms with van der Waals surface area (Å²) in [6, 6.07) is 0. The second-order valence-electron chi connectivity index (χ2n) is 5.62. The van der Waals surface area contributed by atoms with Gasteiger partial charge in [0.15, 0.2) is 0 Å². The van der Waals surface area contributed by atoms with Crippen molar-refractivity contribution in [2.45, 2.75) is 52.4 Å². The van der Waals surface area contributed by atoms with Crippen molar-refractivity contribution in [3.8, 4) is 0 Å². The van der Waals surface area contributed by atoms with Gasteiger partial charge in [-0.15, -0.1) is 0 Å². The molecule has 0 bridgehead atoms. The average molecular weight is 243 g/mol. The minimum absolute atomic E-state index is 0.956. The van der Waals surface area contributed by atoms with Gasteiger partial charge in [0.1, 0.15) is 0 Å². The number of nitrogens with one attached hydrogen (secondary N) is 1. The molecule has 1 nitrogen and oxygen atoms in total. The maximum Gasteiger partial charge on any atom is 0.00397 e. The normalized spacial score (nSPS) is 30.6. The van der Waals surface area contributed by atoms with Crippen molar-refractivity contribution >= 4 is 12.6 Å². The van der Waals surface area contributed by atoms with Crippen LogP contribution < -0.4 is 5.32 Å². The Kier molecular flexibility index (Phi) is 7.55. The average Bonchev–Trinajstić information content (AvgIpc) is 2.28. The van der Waals surface area contributed by atoms with Crippen molar-refractivity contribution < 1.29 is 0 Å². The molecule has 16 heavy (non-hydrogen) atoms. The van der Waals surface area contributed by atoms with Gasteiger partial charge in [0, 0.05) is 12.3 Å². The van der Waals surface area contributed by atoms with Gasteiger partial charge in [-0.25, -0.2) is 0 Å². The lowest BCUT2D eigenvalue weighted by Gasteiger charge is -2.32. The first-order chi connectivity index (χ1) is 7.74. The lowest BCUT2D eigenvalue weighted by Crippen LogP contribution is -2.22. The van der Waals surface area contributed by atoms with E-state index in [4.69, 9.17) is 0 Å². The smallest absolute Gasteiger partial charge is 0.00397 e. The zero-order valence-electron chi connectivity index (χ0n) is 11.0. The quantitative estimate of drug-likeness (QED) is 0.513. The van der Waals surface area contributed by atoms with Crippen LogP contribution in [0.4, 0.5) is 0 Å². The molecule has 0 radical (unpaired) electrons. The van der Waals surface area contributed by atoms with Crippen LogP contribution in [-0.4, -0.2) is 18.8 Å². The first-order valence-corrected chi connectivity index (χ1v) is 7.69. The Morgan fingerprint density at radius 1 is 1.12 bits per heavy atom. The van der Waals surface area contributed by atoms with E-state index in [0.717, 1.165) is 30.1 Å². The molecule has 0 unspecified atom stereocenters. The van der Waals surface area contributed by atoms with Crippen LogP contribution in [0.15, 0.2) is 0 Å². The van der Waals surface area contributed by atoms with Gasteiger partial charge >= 0.3 is 0 Å². The van der Waals surface area contributed by atoms with Gasteiger partial charge in [-0.3, -0.25) is 0 Å². The molecule has 0 aromatic heterocycles. The van der Waals surface area contributed by atoms with Crippen LogP contribution in [0.25, 0.3) is 0 Å². The molecule has 96 valence electrons. The van der Waals surface area contributed by atoms with Crippen LogP contribution in [-0.2, 0) is 0 Å². The molecule has 0 aliphatic heterocycles. The largest absolute Gasteiger partial charge is 0.316 e. The fourth-order valence-corrected chi connectivity index (χ4v) is 3.07. The van der Waals surface area contributed by atoms with E-state index in [-0.39, 0.29) is 0 Å². The van der Waals surface area contributed by atoms with E-state index in [1.807, 2.05) is 0 Å². The Morgan fingerprint density at radius 3 is 2.69 bits per heavy atom. The number of hydrogen-bond acceptors (Lipinski definition) is 2. The zero-order valence-corrected chi connectivity index (χ0v) is 11.9. The lowest BCUT2D eigenvalue weighted by molar-refractivity contribution is 0.189. The van der Waals surface area contributed by atoms with E-state index in [1.165, 1.54) is 45.1 Å². The fraction of sp³-hybridized carbons (Fsp3) is 1.00. The Hall–Kier alpha value is 0.310. The molecule has 3 atom stereocenters.